The first kappa shape index (κ1) is 16.2. The zero-order valence-electron chi connectivity index (χ0n) is 13.8. The third-order valence-corrected chi connectivity index (χ3v) is 6.06. The van der Waals surface area contributed by atoms with E-state index >= 15 is 0 Å². The summed E-state index contributed by atoms with van der Waals surface area (Å²) in [5, 5.41) is 0. The van der Waals surface area contributed by atoms with Crippen molar-refractivity contribution in [3.05, 3.63) is 24.0 Å². The van der Waals surface area contributed by atoms with E-state index in [0.717, 1.165) is 36.4 Å². The Bertz CT molecular complexity index is 604. The van der Waals surface area contributed by atoms with E-state index in [-0.39, 0.29) is 4.75 Å². The summed E-state index contributed by atoms with van der Waals surface area (Å²) >= 11 is 1.97. The van der Waals surface area contributed by atoms with E-state index in [1.807, 2.05) is 23.9 Å². The van der Waals surface area contributed by atoms with Crippen molar-refractivity contribution in [2.75, 3.05) is 12.0 Å². The Morgan fingerprint density at radius 2 is 1.95 bits per heavy atom. The highest BCUT2D eigenvalue weighted by molar-refractivity contribution is 8.00. The molecule has 0 amide bonds. The van der Waals surface area contributed by atoms with Gasteiger partial charge in [-0.05, 0) is 37.3 Å². The maximum absolute atomic E-state index is 5.91. The molecule has 4 heteroatoms. The first-order chi connectivity index (χ1) is 9.96. The van der Waals surface area contributed by atoms with Crippen molar-refractivity contribution < 1.29 is 0 Å². The van der Waals surface area contributed by atoms with Gasteiger partial charge in [0.2, 0.25) is 0 Å². The van der Waals surface area contributed by atoms with Crippen molar-refractivity contribution in [1.82, 2.24) is 9.55 Å². The summed E-state index contributed by atoms with van der Waals surface area (Å²) in [6.07, 6.45) is 4.55. The fourth-order valence-electron chi connectivity index (χ4n) is 2.89. The second-order valence-corrected chi connectivity index (χ2v) is 7.33. The minimum atomic E-state index is 0.276. The Hall–Kier alpha value is -1.16. The summed E-state index contributed by atoms with van der Waals surface area (Å²) in [6.45, 7) is 9.99. The molecule has 0 aliphatic rings. The van der Waals surface area contributed by atoms with Crippen LogP contribution in [0.4, 0.5) is 5.69 Å². The molecular formula is C17H27N3S. The number of nitrogens with zero attached hydrogens (tertiary/aromatic N) is 2. The number of hydrogen-bond donors (Lipinski definition) is 1. The van der Waals surface area contributed by atoms with Gasteiger partial charge in [0.05, 0.1) is 11.0 Å². The lowest BCUT2D eigenvalue weighted by Crippen LogP contribution is -2.30. The number of rotatable bonds is 6. The van der Waals surface area contributed by atoms with Gasteiger partial charge in [0.1, 0.15) is 5.82 Å². The van der Waals surface area contributed by atoms with Gasteiger partial charge in [-0.3, -0.25) is 0 Å². The molecular weight excluding hydrogens is 278 g/mol. The molecule has 0 saturated heterocycles. The summed E-state index contributed by atoms with van der Waals surface area (Å²) in [5.74, 6) is 1.57. The maximum atomic E-state index is 5.91. The molecule has 0 atom stereocenters. The van der Waals surface area contributed by atoms with Crippen molar-refractivity contribution in [1.29, 1.82) is 0 Å². The molecule has 0 aliphatic heterocycles. The molecule has 0 fully saturated rings. The molecule has 0 spiro atoms. The summed E-state index contributed by atoms with van der Waals surface area (Å²) < 4.78 is 2.68. The van der Waals surface area contributed by atoms with Gasteiger partial charge in [0.25, 0.3) is 0 Å². The third-order valence-electron chi connectivity index (χ3n) is 4.49. The minimum absolute atomic E-state index is 0.276. The quantitative estimate of drug-likeness (QED) is 0.789. The third kappa shape index (κ3) is 3.05. The van der Waals surface area contributed by atoms with Crippen molar-refractivity contribution in [3.63, 3.8) is 0 Å². The van der Waals surface area contributed by atoms with E-state index in [9.17, 15) is 0 Å². The zero-order valence-corrected chi connectivity index (χ0v) is 14.6. The average Bonchev–Trinajstić information content (AvgIpc) is 2.82. The number of fused-ring (bicyclic) bond motifs is 1. The van der Waals surface area contributed by atoms with Gasteiger partial charge in [-0.25, -0.2) is 4.98 Å². The van der Waals surface area contributed by atoms with Gasteiger partial charge in [-0.15, -0.1) is 0 Å². The van der Waals surface area contributed by atoms with Crippen LogP contribution in [0.3, 0.4) is 0 Å². The lowest BCUT2D eigenvalue weighted by atomic mass is 10.0. The average molecular weight is 305 g/mol. The lowest BCUT2D eigenvalue weighted by molar-refractivity contribution is 0.458. The Morgan fingerprint density at radius 1 is 1.29 bits per heavy atom. The van der Waals surface area contributed by atoms with E-state index in [1.54, 1.807) is 0 Å². The number of benzene rings is 1. The first-order valence-corrected chi connectivity index (χ1v) is 8.99. The highest BCUT2D eigenvalue weighted by atomic mass is 32.2. The summed E-state index contributed by atoms with van der Waals surface area (Å²) in [4.78, 5) is 4.83. The normalized spacial score (nSPS) is 12.5. The second kappa shape index (κ2) is 6.30. The number of anilines is 1. The van der Waals surface area contributed by atoms with Crippen LogP contribution in [0.1, 0.15) is 52.3 Å². The van der Waals surface area contributed by atoms with Crippen LogP contribution in [-0.4, -0.2) is 20.6 Å². The van der Waals surface area contributed by atoms with E-state index in [4.69, 9.17) is 10.7 Å². The maximum Gasteiger partial charge on any atom is 0.112 e. The molecule has 0 bridgehead atoms. The summed E-state index contributed by atoms with van der Waals surface area (Å²) in [7, 11) is 0. The SMILES string of the molecule is CCC(CC)(Cn1c(C(C)C)nc2cc(N)ccc21)SC. The summed E-state index contributed by atoms with van der Waals surface area (Å²) in [6, 6.07) is 6.07. The highest BCUT2D eigenvalue weighted by Crippen LogP contribution is 2.35. The van der Waals surface area contributed by atoms with E-state index in [2.05, 4.69) is 44.6 Å². The predicted octanol–water partition coefficient (Wildman–Crippen LogP) is 4.66. The van der Waals surface area contributed by atoms with Gasteiger partial charge in [-0.2, -0.15) is 11.8 Å². The smallest absolute Gasteiger partial charge is 0.112 e. The Kier molecular flexibility index (Phi) is 4.87. The Morgan fingerprint density at radius 3 is 2.48 bits per heavy atom. The second-order valence-electron chi connectivity index (χ2n) is 6.05. The fraction of sp³-hybridized carbons (Fsp3) is 0.588. The predicted molar refractivity (Wildman–Crippen MR) is 95.1 cm³/mol. The van der Waals surface area contributed by atoms with Crippen molar-refractivity contribution in [2.24, 2.45) is 0 Å². The topological polar surface area (TPSA) is 43.8 Å². The molecule has 2 N–H and O–H groups in total. The first-order valence-electron chi connectivity index (χ1n) is 7.77. The van der Waals surface area contributed by atoms with Crippen LogP contribution < -0.4 is 5.73 Å². The van der Waals surface area contributed by atoms with Crippen molar-refractivity contribution in [3.8, 4) is 0 Å². The highest BCUT2D eigenvalue weighted by Gasteiger charge is 2.28. The number of nitrogen functional groups attached to an aromatic ring is 1. The number of hydrogen-bond acceptors (Lipinski definition) is 3. The molecule has 116 valence electrons. The number of aromatic nitrogens is 2. The van der Waals surface area contributed by atoms with E-state index in [0.29, 0.717) is 5.92 Å². The van der Waals surface area contributed by atoms with Crippen LogP contribution in [0.25, 0.3) is 11.0 Å². The Balaban J connectivity index is 2.57. The Labute approximate surface area is 132 Å². The van der Waals surface area contributed by atoms with Crippen molar-refractivity contribution in [2.45, 2.75) is 57.7 Å². The zero-order chi connectivity index (χ0) is 15.6. The molecule has 0 saturated carbocycles. The molecule has 21 heavy (non-hydrogen) atoms. The fourth-order valence-corrected chi connectivity index (χ4v) is 3.72. The molecule has 1 heterocycles. The molecule has 2 aromatic rings. The van der Waals surface area contributed by atoms with E-state index < -0.39 is 0 Å². The van der Waals surface area contributed by atoms with Gasteiger partial charge >= 0.3 is 0 Å². The van der Waals surface area contributed by atoms with Crippen LogP contribution >= 0.6 is 11.8 Å². The largest absolute Gasteiger partial charge is 0.399 e. The molecule has 0 radical (unpaired) electrons. The minimum Gasteiger partial charge on any atom is -0.399 e. The molecule has 0 aliphatic carbocycles. The number of thioether (sulfide) groups is 1. The lowest BCUT2D eigenvalue weighted by Gasteiger charge is -2.31. The van der Waals surface area contributed by atoms with Gasteiger partial charge in [-0.1, -0.05) is 27.7 Å². The van der Waals surface area contributed by atoms with Gasteiger partial charge in [0.15, 0.2) is 0 Å². The number of nitrogens with two attached hydrogens (primary N) is 1. The van der Waals surface area contributed by atoms with Crippen LogP contribution in [0.2, 0.25) is 0 Å². The summed E-state index contributed by atoms with van der Waals surface area (Å²) in [5.41, 5.74) is 8.91. The van der Waals surface area contributed by atoms with E-state index in [1.165, 1.54) is 5.52 Å². The molecule has 2 rings (SSSR count). The van der Waals surface area contributed by atoms with Crippen LogP contribution in [-0.2, 0) is 6.54 Å². The monoisotopic (exact) mass is 305 g/mol. The molecule has 1 aromatic heterocycles. The number of imidazole rings is 1. The van der Waals surface area contributed by atoms with Crippen LogP contribution in [0.15, 0.2) is 18.2 Å². The van der Waals surface area contributed by atoms with Crippen molar-refractivity contribution >= 4 is 28.5 Å². The van der Waals surface area contributed by atoms with Crippen LogP contribution in [0.5, 0.6) is 0 Å². The molecule has 3 nitrogen and oxygen atoms in total. The van der Waals surface area contributed by atoms with Gasteiger partial charge < -0.3 is 10.3 Å². The van der Waals surface area contributed by atoms with Gasteiger partial charge in [0, 0.05) is 22.9 Å². The molecule has 0 unspecified atom stereocenters. The van der Waals surface area contributed by atoms with Crippen LogP contribution in [0, 0.1) is 0 Å². The molecule has 1 aromatic carbocycles. The standard InChI is InChI=1S/C17H27N3S/c1-6-17(7-2,21-5)11-20-15-9-8-13(18)10-14(15)19-16(20)12(3)4/h8-10,12H,6-7,11,18H2,1-5H3.